The first-order valence-corrected chi connectivity index (χ1v) is 6.00. The van der Waals surface area contributed by atoms with E-state index in [9.17, 15) is 15.2 Å². The molecule has 1 rings (SSSR count). The van der Waals surface area contributed by atoms with Crippen LogP contribution < -0.4 is 5.32 Å². The minimum atomic E-state index is -0.962. The van der Waals surface area contributed by atoms with Gasteiger partial charge in [-0.2, -0.15) is 0 Å². The number of nitrogens with one attached hydrogen (secondary N) is 1. The Morgan fingerprint density at radius 3 is 2.74 bits per heavy atom. The largest absolute Gasteiger partial charge is 0.387 e. The molecule has 0 aliphatic heterocycles. The van der Waals surface area contributed by atoms with Gasteiger partial charge in [0.15, 0.2) is 0 Å². The van der Waals surface area contributed by atoms with Crippen LogP contribution in [0.1, 0.15) is 6.92 Å². The van der Waals surface area contributed by atoms with Gasteiger partial charge in [-0.1, -0.05) is 11.6 Å². The second-order valence-electron chi connectivity index (χ2n) is 4.87. The Morgan fingerprint density at radius 1 is 1.63 bits per heavy atom. The average Bonchev–Trinajstić information content (AvgIpc) is 2.25. The average molecular weight is 289 g/mol. The topological polar surface area (TPSA) is 91.5 Å². The summed E-state index contributed by atoms with van der Waals surface area (Å²) in [5.41, 5.74) is -1.13. The fraction of sp³-hybridized carbons (Fsp3) is 0.545. The summed E-state index contributed by atoms with van der Waals surface area (Å²) in [6.07, 6.45) is 1.12. The molecule has 0 aliphatic rings. The third kappa shape index (κ3) is 4.98. The molecule has 8 heteroatoms. The van der Waals surface area contributed by atoms with Crippen LogP contribution in [0.3, 0.4) is 0 Å². The zero-order valence-electron chi connectivity index (χ0n) is 11.1. The number of hydrogen-bond donors (Lipinski definition) is 2. The number of pyridine rings is 1. The molecule has 19 heavy (non-hydrogen) atoms. The fourth-order valence-electron chi connectivity index (χ4n) is 1.67. The van der Waals surface area contributed by atoms with E-state index in [0.29, 0.717) is 12.4 Å². The molecular weight excluding hydrogens is 272 g/mol. The second kappa shape index (κ2) is 6.14. The van der Waals surface area contributed by atoms with Gasteiger partial charge in [0.2, 0.25) is 0 Å². The normalized spacial score (nSPS) is 14.2. The van der Waals surface area contributed by atoms with E-state index >= 15 is 0 Å². The maximum Gasteiger partial charge on any atom is 0.289 e. The summed E-state index contributed by atoms with van der Waals surface area (Å²) in [4.78, 5) is 15.7. The van der Waals surface area contributed by atoms with Gasteiger partial charge in [-0.15, -0.1) is 0 Å². The molecule has 1 aromatic rings. The van der Waals surface area contributed by atoms with Gasteiger partial charge in [-0.05, 0) is 21.0 Å². The van der Waals surface area contributed by atoms with Crippen molar-refractivity contribution >= 4 is 23.1 Å². The van der Waals surface area contributed by atoms with E-state index in [0.717, 1.165) is 6.20 Å². The lowest BCUT2D eigenvalue weighted by Gasteiger charge is -2.27. The van der Waals surface area contributed by atoms with E-state index in [2.05, 4.69) is 10.3 Å². The van der Waals surface area contributed by atoms with Crippen molar-refractivity contribution in [1.82, 2.24) is 9.88 Å². The molecule has 0 bridgehead atoms. The minimum absolute atomic E-state index is 0.148. The Labute approximate surface area is 116 Å². The van der Waals surface area contributed by atoms with Crippen molar-refractivity contribution in [3.63, 3.8) is 0 Å². The van der Waals surface area contributed by atoms with Crippen LogP contribution >= 0.6 is 11.6 Å². The Hall–Kier alpha value is -1.44. The van der Waals surface area contributed by atoms with Crippen LogP contribution in [0.4, 0.5) is 11.5 Å². The van der Waals surface area contributed by atoms with Crippen molar-refractivity contribution < 1.29 is 10.0 Å². The van der Waals surface area contributed by atoms with Gasteiger partial charge in [0, 0.05) is 19.2 Å². The highest BCUT2D eigenvalue weighted by atomic mass is 35.5. The van der Waals surface area contributed by atoms with Crippen molar-refractivity contribution in [3.8, 4) is 0 Å². The number of hydrogen-bond acceptors (Lipinski definition) is 6. The number of halogens is 1. The van der Waals surface area contributed by atoms with Gasteiger partial charge in [-0.25, -0.2) is 4.98 Å². The minimum Gasteiger partial charge on any atom is -0.387 e. The molecule has 1 unspecified atom stereocenters. The molecule has 0 saturated carbocycles. The molecule has 0 radical (unpaired) electrons. The summed E-state index contributed by atoms with van der Waals surface area (Å²) in [6.45, 7) is 2.37. The molecule has 7 nitrogen and oxygen atoms in total. The molecule has 0 fully saturated rings. The second-order valence-corrected chi connectivity index (χ2v) is 5.28. The van der Waals surface area contributed by atoms with Crippen molar-refractivity contribution in [3.05, 3.63) is 27.4 Å². The highest BCUT2D eigenvalue weighted by Gasteiger charge is 2.22. The first-order chi connectivity index (χ1) is 8.71. The summed E-state index contributed by atoms with van der Waals surface area (Å²) in [7, 11) is 3.71. The first-order valence-electron chi connectivity index (χ1n) is 5.62. The maximum absolute atomic E-state index is 10.5. The van der Waals surface area contributed by atoms with Gasteiger partial charge in [0.1, 0.15) is 12.0 Å². The van der Waals surface area contributed by atoms with E-state index < -0.39 is 10.5 Å². The van der Waals surface area contributed by atoms with Crippen LogP contribution in [0.2, 0.25) is 5.02 Å². The van der Waals surface area contributed by atoms with Gasteiger partial charge < -0.3 is 15.3 Å². The Bertz CT molecular complexity index is 465. The lowest BCUT2D eigenvalue weighted by atomic mass is 10.1. The number of rotatable bonds is 6. The highest BCUT2D eigenvalue weighted by Crippen LogP contribution is 2.24. The molecule has 2 N–H and O–H groups in total. The van der Waals surface area contributed by atoms with Gasteiger partial charge in [0.05, 0.1) is 15.5 Å². The van der Waals surface area contributed by atoms with Gasteiger partial charge >= 0.3 is 0 Å². The Morgan fingerprint density at radius 2 is 2.26 bits per heavy atom. The predicted molar refractivity (Wildman–Crippen MR) is 73.6 cm³/mol. The highest BCUT2D eigenvalue weighted by molar-refractivity contribution is 6.33. The Balaban J connectivity index is 2.71. The van der Waals surface area contributed by atoms with Crippen LogP contribution in [0.25, 0.3) is 0 Å². The molecule has 0 spiro atoms. The van der Waals surface area contributed by atoms with E-state index in [-0.39, 0.29) is 17.3 Å². The van der Waals surface area contributed by atoms with E-state index in [1.165, 1.54) is 6.07 Å². The molecule has 1 atom stereocenters. The quantitative estimate of drug-likeness (QED) is 0.607. The summed E-state index contributed by atoms with van der Waals surface area (Å²) in [5.74, 6) is 0.311. The third-order valence-electron chi connectivity index (χ3n) is 2.33. The van der Waals surface area contributed by atoms with Crippen molar-refractivity contribution in [2.75, 3.05) is 32.5 Å². The fourth-order valence-corrected chi connectivity index (χ4v) is 1.90. The number of nitro groups is 1. The maximum atomic E-state index is 10.5. The number of aliphatic hydroxyl groups is 1. The summed E-state index contributed by atoms with van der Waals surface area (Å²) in [6, 6.07) is 1.22. The van der Waals surface area contributed by atoms with Crippen LogP contribution in [0, 0.1) is 10.1 Å². The van der Waals surface area contributed by atoms with E-state index in [1.807, 2.05) is 19.0 Å². The monoisotopic (exact) mass is 288 g/mol. The predicted octanol–water partition coefficient (Wildman–Crippen LogP) is 1.37. The third-order valence-corrected chi connectivity index (χ3v) is 2.62. The lowest BCUT2D eigenvalue weighted by Crippen LogP contribution is -2.43. The van der Waals surface area contributed by atoms with Gasteiger partial charge in [0.25, 0.3) is 5.69 Å². The van der Waals surface area contributed by atoms with E-state index in [4.69, 9.17) is 11.6 Å². The van der Waals surface area contributed by atoms with Crippen LogP contribution in [-0.2, 0) is 0 Å². The number of nitrogens with zero attached hydrogens (tertiary/aromatic N) is 3. The number of likely N-dealkylation sites (N-methyl/N-ethyl adjacent to an activating group) is 1. The first kappa shape index (κ1) is 15.6. The SMILES string of the molecule is CN(C)CC(C)(O)CNc1ncc([N+](=O)[O-])cc1Cl. The molecule has 0 saturated heterocycles. The van der Waals surface area contributed by atoms with Crippen LogP contribution in [0.5, 0.6) is 0 Å². The van der Waals surface area contributed by atoms with Crippen LogP contribution in [-0.4, -0.2) is 52.7 Å². The number of aromatic nitrogens is 1. The van der Waals surface area contributed by atoms with Gasteiger partial charge in [-0.3, -0.25) is 10.1 Å². The summed E-state index contributed by atoms with van der Waals surface area (Å²) >= 11 is 5.89. The zero-order chi connectivity index (χ0) is 14.6. The standard InChI is InChI=1S/C11H17ClN4O3/c1-11(17,7-15(2)3)6-14-10-9(12)4-8(5-13-10)16(18)19/h4-5,17H,6-7H2,1-3H3,(H,13,14). The lowest BCUT2D eigenvalue weighted by molar-refractivity contribution is -0.385. The molecule has 1 aromatic heterocycles. The van der Waals surface area contributed by atoms with Crippen LogP contribution in [0.15, 0.2) is 12.3 Å². The smallest absolute Gasteiger partial charge is 0.289 e. The summed E-state index contributed by atoms with van der Waals surface area (Å²) < 4.78 is 0. The molecule has 0 aliphatic carbocycles. The number of anilines is 1. The molecular formula is C11H17ClN4O3. The molecule has 106 valence electrons. The molecule has 0 amide bonds. The van der Waals surface area contributed by atoms with Crippen molar-refractivity contribution in [2.24, 2.45) is 0 Å². The van der Waals surface area contributed by atoms with E-state index in [1.54, 1.807) is 6.92 Å². The molecule has 0 aromatic carbocycles. The van der Waals surface area contributed by atoms with Crippen molar-refractivity contribution in [2.45, 2.75) is 12.5 Å². The Kier molecular flexibility index (Phi) is 5.04. The molecule has 1 heterocycles. The summed E-state index contributed by atoms with van der Waals surface area (Å²) in [5, 5.41) is 23.7. The zero-order valence-corrected chi connectivity index (χ0v) is 11.8. The van der Waals surface area contributed by atoms with Crippen molar-refractivity contribution in [1.29, 1.82) is 0 Å².